The average Bonchev–Trinajstić information content (AvgIpc) is 2.73. The van der Waals surface area contributed by atoms with Crippen LogP contribution in [0.1, 0.15) is 12.0 Å². The van der Waals surface area contributed by atoms with Gasteiger partial charge in [0, 0.05) is 11.6 Å². The highest BCUT2D eigenvalue weighted by molar-refractivity contribution is 6.35. The van der Waals surface area contributed by atoms with Crippen LogP contribution in [0.5, 0.6) is 5.75 Å². The fourth-order valence-corrected chi connectivity index (χ4v) is 2.79. The monoisotopic (exact) mass is 403 g/mol. The zero-order valence-electron chi connectivity index (χ0n) is 16.0. The Kier molecular flexibility index (Phi) is 7.67. The summed E-state index contributed by atoms with van der Waals surface area (Å²) in [7, 11) is 2.73. The second-order valence-corrected chi connectivity index (χ2v) is 6.17. The number of nitrogens with two attached hydrogens (primary N) is 1. The van der Waals surface area contributed by atoms with E-state index in [1.807, 2.05) is 0 Å². The van der Waals surface area contributed by atoms with Gasteiger partial charge in [0.1, 0.15) is 11.6 Å². The van der Waals surface area contributed by atoms with E-state index >= 15 is 0 Å². The van der Waals surface area contributed by atoms with E-state index in [2.05, 4.69) is 10.1 Å². The fraction of sp³-hybridized carbons (Fsp3) is 0.250. The molecule has 0 heterocycles. The first kappa shape index (κ1) is 21.8. The molecule has 0 saturated carbocycles. The summed E-state index contributed by atoms with van der Waals surface area (Å²) in [4.78, 5) is 34.7. The maximum absolute atomic E-state index is 13.6. The Morgan fingerprint density at radius 3 is 2.34 bits per heavy atom. The van der Waals surface area contributed by atoms with Crippen molar-refractivity contribution in [2.24, 2.45) is 5.84 Å². The minimum Gasteiger partial charge on any atom is -0.496 e. The number of methoxy groups -OCH3 is 2. The summed E-state index contributed by atoms with van der Waals surface area (Å²) in [6.45, 7) is 0. The summed E-state index contributed by atoms with van der Waals surface area (Å²) in [5.41, 5.74) is 3.85. The highest BCUT2D eigenvalue weighted by atomic mass is 19.1. The summed E-state index contributed by atoms with van der Waals surface area (Å²) >= 11 is 0. The second-order valence-electron chi connectivity index (χ2n) is 6.17. The Morgan fingerprint density at radius 2 is 1.76 bits per heavy atom. The van der Waals surface area contributed by atoms with E-state index < -0.39 is 23.8 Å². The number of amides is 2. The SMILES string of the molecule is COC(=O)CC(Cc1ccc(-c2cc(F)ccc2OC)cc1)NC(=O)C(=O)NN. The molecule has 0 aliphatic carbocycles. The van der Waals surface area contributed by atoms with Crippen LogP contribution in [0, 0.1) is 5.82 Å². The molecule has 0 saturated heterocycles. The molecule has 0 aliphatic rings. The number of esters is 1. The van der Waals surface area contributed by atoms with Gasteiger partial charge in [0.05, 0.1) is 20.6 Å². The number of nitrogens with one attached hydrogen (secondary N) is 2. The van der Waals surface area contributed by atoms with Crippen molar-refractivity contribution in [1.82, 2.24) is 10.7 Å². The van der Waals surface area contributed by atoms with Gasteiger partial charge < -0.3 is 14.8 Å². The summed E-state index contributed by atoms with van der Waals surface area (Å²) in [5, 5.41) is 2.45. The normalized spacial score (nSPS) is 11.3. The van der Waals surface area contributed by atoms with Crippen molar-refractivity contribution in [3.05, 3.63) is 53.8 Å². The summed E-state index contributed by atoms with van der Waals surface area (Å²) < 4.78 is 23.5. The van der Waals surface area contributed by atoms with Crippen LogP contribution in [0.15, 0.2) is 42.5 Å². The molecule has 2 rings (SSSR count). The van der Waals surface area contributed by atoms with Crippen LogP contribution in [0.2, 0.25) is 0 Å². The number of benzene rings is 2. The lowest BCUT2D eigenvalue weighted by molar-refractivity contribution is -0.143. The number of hydrogen-bond acceptors (Lipinski definition) is 6. The van der Waals surface area contributed by atoms with Crippen LogP contribution in [-0.2, 0) is 25.5 Å². The van der Waals surface area contributed by atoms with Gasteiger partial charge in [-0.2, -0.15) is 0 Å². The Morgan fingerprint density at radius 1 is 1.07 bits per heavy atom. The average molecular weight is 403 g/mol. The van der Waals surface area contributed by atoms with Gasteiger partial charge >= 0.3 is 17.8 Å². The zero-order chi connectivity index (χ0) is 21.4. The van der Waals surface area contributed by atoms with Gasteiger partial charge in [0.15, 0.2) is 0 Å². The van der Waals surface area contributed by atoms with Gasteiger partial charge in [-0.25, -0.2) is 10.2 Å². The van der Waals surface area contributed by atoms with E-state index in [-0.39, 0.29) is 18.7 Å². The van der Waals surface area contributed by atoms with Gasteiger partial charge in [-0.1, -0.05) is 24.3 Å². The molecule has 29 heavy (non-hydrogen) atoms. The Hall–Kier alpha value is -3.46. The Balaban J connectivity index is 2.19. The first-order valence-corrected chi connectivity index (χ1v) is 8.69. The van der Waals surface area contributed by atoms with E-state index in [0.717, 1.165) is 11.1 Å². The Bertz CT molecular complexity index is 886. The minimum absolute atomic E-state index is 0.125. The predicted octanol–water partition coefficient (Wildman–Crippen LogP) is 1.08. The molecule has 2 aromatic rings. The number of ether oxygens (including phenoxy) is 2. The highest BCUT2D eigenvalue weighted by Gasteiger charge is 2.21. The van der Waals surface area contributed by atoms with Crippen LogP contribution in [0.3, 0.4) is 0 Å². The van der Waals surface area contributed by atoms with Crippen molar-refractivity contribution in [3.63, 3.8) is 0 Å². The largest absolute Gasteiger partial charge is 0.496 e. The molecule has 1 atom stereocenters. The molecular weight excluding hydrogens is 381 g/mol. The van der Waals surface area contributed by atoms with E-state index in [4.69, 9.17) is 10.6 Å². The lowest BCUT2D eigenvalue weighted by Gasteiger charge is -2.17. The standard InChI is InChI=1S/C20H22FN3O5/c1-28-17-8-7-14(21)10-16(17)13-5-3-12(4-6-13)9-15(11-18(25)29-2)23-19(26)20(27)24-22/h3-8,10,15H,9,11,22H2,1-2H3,(H,23,26)(H,24,27). The second kappa shape index (κ2) is 10.2. The maximum atomic E-state index is 13.6. The van der Waals surface area contributed by atoms with Gasteiger partial charge in [-0.05, 0) is 35.7 Å². The number of carbonyl (C=O) groups is 3. The molecule has 2 aromatic carbocycles. The first-order valence-electron chi connectivity index (χ1n) is 8.69. The van der Waals surface area contributed by atoms with Crippen LogP contribution in [0.4, 0.5) is 4.39 Å². The van der Waals surface area contributed by atoms with Gasteiger partial charge in [0.25, 0.3) is 0 Å². The van der Waals surface area contributed by atoms with Crippen molar-refractivity contribution >= 4 is 17.8 Å². The number of rotatable bonds is 7. The summed E-state index contributed by atoms with van der Waals surface area (Å²) in [6.07, 6.45) is 0.138. The lowest BCUT2D eigenvalue weighted by Crippen LogP contribution is -2.48. The zero-order valence-corrected chi connectivity index (χ0v) is 16.0. The van der Waals surface area contributed by atoms with Crippen LogP contribution in [-0.4, -0.2) is 38.0 Å². The molecule has 154 valence electrons. The lowest BCUT2D eigenvalue weighted by atomic mass is 9.98. The maximum Gasteiger partial charge on any atom is 0.323 e. The highest BCUT2D eigenvalue weighted by Crippen LogP contribution is 2.30. The third kappa shape index (κ3) is 6.01. The van der Waals surface area contributed by atoms with Crippen LogP contribution in [0.25, 0.3) is 11.1 Å². The third-order valence-electron chi connectivity index (χ3n) is 4.22. The van der Waals surface area contributed by atoms with Gasteiger partial charge in [-0.15, -0.1) is 0 Å². The summed E-state index contributed by atoms with van der Waals surface area (Å²) in [6, 6.07) is 10.7. The smallest absolute Gasteiger partial charge is 0.323 e. The van der Waals surface area contributed by atoms with Crippen LogP contribution >= 0.6 is 0 Å². The number of hydrazine groups is 1. The molecule has 0 fully saturated rings. The summed E-state index contributed by atoms with van der Waals surface area (Å²) in [5.74, 6) is 2.58. The number of carbonyl (C=O) groups excluding carboxylic acids is 3. The first-order chi connectivity index (χ1) is 13.9. The van der Waals surface area contributed by atoms with Crippen molar-refractivity contribution in [2.45, 2.75) is 18.9 Å². The molecule has 0 bridgehead atoms. The van der Waals surface area contributed by atoms with E-state index in [9.17, 15) is 18.8 Å². The predicted molar refractivity (Wildman–Crippen MR) is 103 cm³/mol. The van der Waals surface area contributed by atoms with E-state index in [0.29, 0.717) is 11.3 Å². The Labute approximate surface area is 167 Å². The van der Waals surface area contributed by atoms with Crippen molar-refractivity contribution in [3.8, 4) is 16.9 Å². The van der Waals surface area contributed by atoms with Gasteiger partial charge in [0.2, 0.25) is 0 Å². The molecule has 0 spiro atoms. The fourth-order valence-electron chi connectivity index (χ4n) is 2.79. The molecule has 4 N–H and O–H groups in total. The van der Waals surface area contributed by atoms with Crippen molar-refractivity contribution < 1.29 is 28.2 Å². The van der Waals surface area contributed by atoms with Crippen LogP contribution < -0.4 is 21.3 Å². The molecule has 9 heteroatoms. The van der Waals surface area contributed by atoms with Gasteiger partial charge in [-0.3, -0.25) is 19.8 Å². The van der Waals surface area contributed by atoms with Crippen molar-refractivity contribution in [2.75, 3.05) is 14.2 Å². The number of hydrogen-bond donors (Lipinski definition) is 3. The van der Waals surface area contributed by atoms with E-state index in [1.165, 1.54) is 26.4 Å². The molecule has 8 nitrogen and oxygen atoms in total. The molecule has 0 aliphatic heterocycles. The number of halogens is 1. The molecule has 0 aromatic heterocycles. The minimum atomic E-state index is -1.02. The molecule has 0 radical (unpaired) electrons. The third-order valence-corrected chi connectivity index (χ3v) is 4.22. The molecule has 1 unspecified atom stereocenters. The topological polar surface area (TPSA) is 120 Å². The molecule has 2 amide bonds. The quantitative estimate of drug-likeness (QED) is 0.209. The van der Waals surface area contributed by atoms with E-state index in [1.54, 1.807) is 35.8 Å². The van der Waals surface area contributed by atoms with Crippen molar-refractivity contribution in [1.29, 1.82) is 0 Å². The molecular formula is C20H22FN3O5.